The Hall–Kier alpha value is -3.16. The first-order valence-electron chi connectivity index (χ1n) is 10.3. The Bertz CT molecular complexity index is 1140. The average molecular weight is 485 g/mol. The zero-order valence-corrected chi connectivity index (χ0v) is 20.1. The van der Waals surface area contributed by atoms with Gasteiger partial charge in [0.15, 0.2) is 0 Å². The summed E-state index contributed by atoms with van der Waals surface area (Å²) in [5.74, 6) is 0.748. The molecule has 33 heavy (non-hydrogen) atoms. The van der Waals surface area contributed by atoms with Crippen LogP contribution in [0, 0.1) is 0 Å². The molecule has 0 saturated heterocycles. The molecule has 2 N–H and O–H groups in total. The fourth-order valence-corrected chi connectivity index (χ4v) is 4.28. The Kier molecular flexibility index (Phi) is 8.63. The monoisotopic (exact) mass is 484 g/mol. The minimum Gasteiger partial charge on any atom is -0.497 e. The van der Waals surface area contributed by atoms with Crippen molar-refractivity contribution >= 4 is 46.6 Å². The number of anilines is 2. The average Bonchev–Trinajstić information content (AvgIpc) is 2.83. The SMILES string of the molecule is CCC(Sc1cccc(NC(=O)c2cccc(OC)c2)c1)C(=O)Nc1cc(Cl)ccc1OC. The normalized spacial score (nSPS) is 11.4. The summed E-state index contributed by atoms with van der Waals surface area (Å²) in [6.45, 7) is 1.95. The lowest BCUT2D eigenvalue weighted by Crippen LogP contribution is -2.24. The van der Waals surface area contributed by atoms with Gasteiger partial charge < -0.3 is 20.1 Å². The number of nitrogens with one attached hydrogen (secondary N) is 2. The maximum Gasteiger partial charge on any atom is 0.255 e. The molecule has 0 heterocycles. The van der Waals surface area contributed by atoms with Gasteiger partial charge in [0, 0.05) is 21.2 Å². The van der Waals surface area contributed by atoms with Gasteiger partial charge in [-0.05, 0) is 61.0 Å². The van der Waals surface area contributed by atoms with Crippen molar-refractivity contribution in [3.05, 3.63) is 77.3 Å². The molecule has 3 aromatic carbocycles. The van der Waals surface area contributed by atoms with E-state index in [1.807, 2.05) is 25.1 Å². The molecule has 0 saturated carbocycles. The summed E-state index contributed by atoms with van der Waals surface area (Å²) in [4.78, 5) is 26.4. The Morgan fingerprint density at radius 2 is 1.76 bits per heavy atom. The molecule has 0 fully saturated rings. The third-order valence-electron chi connectivity index (χ3n) is 4.78. The molecule has 0 aliphatic rings. The van der Waals surface area contributed by atoms with E-state index >= 15 is 0 Å². The standard InChI is InChI=1S/C25H25ClN2O4S/c1-4-23(25(30)28-21-14-17(26)11-12-22(21)32-3)33-20-10-6-8-18(15-20)27-24(29)16-7-5-9-19(13-16)31-2/h5-15,23H,4H2,1-3H3,(H,27,29)(H,28,30). The zero-order chi connectivity index (χ0) is 23.8. The van der Waals surface area contributed by atoms with Crippen LogP contribution in [0.5, 0.6) is 11.5 Å². The van der Waals surface area contributed by atoms with E-state index in [1.165, 1.54) is 18.9 Å². The molecule has 2 amide bonds. The number of methoxy groups -OCH3 is 2. The molecule has 0 bridgehead atoms. The molecule has 0 aromatic heterocycles. The lowest BCUT2D eigenvalue weighted by atomic mass is 10.2. The van der Waals surface area contributed by atoms with E-state index in [1.54, 1.807) is 55.6 Å². The molecule has 6 nitrogen and oxygen atoms in total. The van der Waals surface area contributed by atoms with Crippen molar-refractivity contribution in [1.82, 2.24) is 0 Å². The molecule has 3 rings (SSSR count). The number of ether oxygens (including phenoxy) is 2. The van der Waals surface area contributed by atoms with Crippen LogP contribution in [0.3, 0.4) is 0 Å². The van der Waals surface area contributed by atoms with Crippen molar-refractivity contribution in [3.63, 3.8) is 0 Å². The van der Waals surface area contributed by atoms with Gasteiger partial charge >= 0.3 is 0 Å². The number of rotatable bonds is 9. The summed E-state index contributed by atoms with van der Waals surface area (Å²) in [5, 5.41) is 5.95. The minimum absolute atomic E-state index is 0.158. The third kappa shape index (κ3) is 6.66. The van der Waals surface area contributed by atoms with Crippen LogP contribution >= 0.6 is 23.4 Å². The van der Waals surface area contributed by atoms with Crippen LogP contribution in [-0.2, 0) is 4.79 Å². The molecule has 8 heteroatoms. The second-order valence-corrected chi connectivity index (χ2v) is 8.78. The van der Waals surface area contributed by atoms with E-state index in [9.17, 15) is 9.59 Å². The highest BCUT2D eigenvalue weighted by molar-refractivity contribution is 8.00. The summed E-state index contributed by atoms with van der Waals surface area (Å²) < 4.78 is 10.5. The summed E-state index contributed by atoms with van der Waals surface area (Å²) in [6, 6.07) is 19.4. The number of carbonyl (C=O) groups is 2. The minimum atomic E-state index is -0.349. The fraction of sp³-hybridized carbons (Fsp3) is 0.200. The van der Waals surface area contributed by atoms with E-state index in [-0.39, 0.29) is 17.1 Å². The second-order valence-electron chi connectivity index (χ2n) is 7.06. The fourth-order valence-electron chi connectivity index (χ4n) is 3.09. The summed E-state index contributed by atoms with van der Waals surface area (Å²) in [5.41, 5.74) is 1.65. The maximum atomic E-state index is 12.9. The Labute approximate surface area is 202 Å². The van der Waals surface area contributed by atoms with Gasteiger partial charge in [-0.3, -0.25) is 9.59 Å². The maximum absolute atomic E-state index is 12.9. The van der Waals surface area contributed by atoms with E-state index < -0.39 is 0 Å². The summed E-state index contributed by atoms with van der Waals surface area (Å²) in [7, 11) is 3.09. The van der Waals surface area contributed by atoms with Crippen LogP contribution in [0.2, 0.25) is 5.02 Å². The van der Waals surface area contributed by atoms with Crippen LogP contribution in [0.1, 0.15) is 23.7 Å². The molecule has 1 unspecified atom stereocenters. The Morgan fingerprint density at radius 1 is 0.970 bits per heavy atom. The molecular weight excluding hydrogens is 460 g/mol. The molecule has 0 aliphatic carbocycles. The van der Waals surface area contributed by atoms with Gasteiger partial charge in [0.2, 0.25) is 5.91 Å². The second kappa shape index (κ2) is 11.6. The zero-order valence-electron chi connectivity index (χ0n) is 18.6. The molecule has 0 radical (unpaired) electrons. The van der Waals surface area contributed by atoms with Crippen molar-refractivity contribution in [3.8, 4) is 11.5 Å². The number of halogens is 1. The van der Waals surface area contributed by atoms with Crippen LogP contribution in [0.15, 0.2) is 71.6 Å². The molecule has 172 valence electrons. The van der Waals surface area contributed by atoms with Crippen LogP contribution in [0.4, 0.5) is 11.4 Å². The first-order chi connectivity index (χ1) is 15.9. The number of benzene rings is 3. The molecule has 0 aliphatic heterocycles. The predicted molar refractivity (Wildman–Crippen MR) is 134 cm³/mol. The van der Waals surface area contributed by atoms with Crippen molar-refractivity contribution in [1.29, 1.82) is 0 Å². The molecule has 0 spiro atoms. The first-order valence-corrected chi connectivity index (χ1v) is 11.6. The highest BCUT2D eigenvalue weighted by atomic mass is 35.5. The molecule has 1 atom stereocenters. The van der Waals surface area contributed by atoms with Gasteiger partial charge in [0.1, 0.15) is 11.5 Å². The van der Waals surface area contributed by atoms with Gasteiger partial charge in [-0.25, -0.2) is 0 Å². The molecule has 3 aromatic rings. The Balaban J connectivity index is 1.69. The predicted octanol–water partition coefficient (Wildman–Crippen LogP) is 6.12. The highest BCUT2D eigenvalue weighted by Crippen LogP contribution is 2.31. The van der Waals surface area contributed by atoms with Crippen molar-refractivity contribution in [2.24, 2.45) is 0 Å². The van der Waals surface area contributed by atoms with Gasteiger partial charge in [-0.2, -0.15) is 0 Å². The summed E-state index contributed by atoms with van der Waals surface area (Å²) >= 11 is 7.49. The van der Waals surface area contributed by atoms with E-state index in [0.717, 1.165) is 4.90 Å². The van der Waals surface area contributed by atoms with Crippen molar-refractivity contribution in [2.75, 3.05) is 24.9 Å². The number of carbonyl (C=O) groups excluding carboxylic acids is 2. The van der Waals surface area contributed by atoms with E-state index in [2.05, 4.69) is 10.6 Å². The highest BCUT2D eigenvalue weighted by Gasteiger charge is 2.20. The van der Waals surface area contributed by atoms with Gasteiger partial charge in [-0.15, -0.1) is 11.8 Å². The quantitative estimate of drug-likeness (QED) is 0.358. The van der Waals surface area contributed by atoms with E-state index in [4.69, 9.17) is 21.1 Å². The van der Waals surface area contributed by atoms with Crippen molar-refractivity contribution in [2.45, 2.75) is 23.5 Å². The van der Waals surface area contributed by atoms with Crippen LogP contribution in [-0.4, -0.2) is 31.3 Å². The summed E-state index contributed by atoms with van der Waals surface area (Å²) in [6.07, 6.45) is 0.611. The smallest absolute Gasteiger partial charge is 0.255 e. The number of amides is 2. The van der Waals surface area contributed by atoms with Crippen LogP contribution < -0.4 is 20.1 Å². The van der Waals surface area contributed by atoms with Crippen LogP contribution in [0.25, 0.3) is 0 Å². The molecular formula is C25H25ClN2O4S. The van der Waals surface area contributed by atoms with Gasteiger partial charge in [0.25, 0.3) is 5.91 Å². The Morgan fingerprint density at radius 3 is 2.48 bits per heavy atom. The largest absolute Gasteiger partial charge is 0.497 e. The van der Waals surface area contributed by atoms with E-state index in [0.29, 0.717) is 39.9 Å². The topological polar surface area (TPSA) is 76.7 Å². The lowest BCUT2D eigenvalue weighted by molar-refractivity contribution is -0.115. The number of thioether (sulfide) groups is 1. The number of hydrogen-bond acceptors (Lipinski definition) is 5. The van der Waals surface area contributed by atoms with Gasteiger partial charge in [-0.1, -0.05) is 30.7 Å². The lowest BCUT2D eigenvalue weighted by Gasteiger charge is -2.17. The van der Waals surface area contributed by atoms with Crippen molar-refractivity contribution < 1.29 is 19.1 Å². The number of hydrogen-bond donors (Lipinski definition) is 2. The first kappa shape index (κ1) is 24.5. The van der Waals surface area contributed by atoms with Gasteiger partial charge in [0.05, 0.1) is 25.2 Å². The third-order valence-corrected chi connectivity index (χ3v) is 6.38.